The SMILES string of the molecule is C.C.CC.CC1(C)CCC(C)(C)c2ccccc21. The van der Waals surface area contributed by atoms with Crippen molar-refractivity contribution >= 4 is 0 Å². The van der Waals surface area contributed by atoms with Crippen LogP contribution in [0.3, 0.4) is 0 Å². The molecule has 2 rings (SSSR count). The average Bonchev–Trinajstić information content (AvgIpc) is 2.28. The number of fused-ring (bicyclic) bond motifs is 1. The first kappa shape index (κ1) is 19.6. The monoisotopic (exact) mass is 250 g/mol. The Morgan fingerprint density at radius 2 is 1.00 bits per heavy atom. The number of hydrogen-bond acceptors (Lipinski definition) is 0. The molecule has 1 aromatic carbocycles. The fraction of sp³-hybridized carbons (Fsp3) is 0.667. The molecule has 0 saturated heterocycles. The normalized spacial score (nSPS) is 18.1. The van der Waals surface area contributed by atoms with Crippen LogP contribution in [0.25, 0.3) is 0 Å². The second kappa shape index (κ2) is 6.97. The zero-order valence-electron chi connectivity index (χ0n) is 11.7. The summed E-state index contributed by atoms with van der Waals surface area (Å²) in [5.41, 5.74) is 3.84. The van der Waals surface area contributed by atoms with Gasteiger partial charge in [-0.1, -0.05) is 80.7 Å². The molecule has 106 valence electrons. The topological polar surface area (TPSA) is 0 Å². The molecule has 1 aliphatic rings. The third-order valence-electron chi connectivity index (χ3n) is 3.76. The van der Waals surface area contributed by atoms with Gasteiger partial charge in [0, 0.05) is 0 Å². The van der Waals surface area contributed by atoms with Crippen molar-refractivity contribution in [1.29, 1.82) is 0 Å². The highest BCUT2D eigenvalue weighted by molar-refractivity contribution is 5.40. The van der Waals surface area contributed by atoms with E-state index in [2.05, 4.69) is 52.0 Å². The van der Waals surface area contributed by atoms with Crippen molar-refractivity contribution in [1.82, 2.24) is 0 Å². The highest BCUT2D eigenvalue weighted by atomic mass is 14.4. The smallest absolute Gasteiger partial charge is 0.0100 e. The first-order valence-electron chi connectivity index (χ1n) is 6.53. The summed E-state index contributed by atoms with van der Waals surface area (Å²) < 4.78 is 0. The van der Waals surface area contributed by atoms with Crippen LogP contribution in [0.4, 0.5) is 0 Å². The van der Waals surface area contributed by atoms with Gasteiger partial charge in [-0.25, -0.2) is 0 Å². The number of benzene rings is 1. The Bertz CT molecular complexity index is 310. The Morgan fingerprint density at radius 3 is 1.28 bits per heavy atom. The Kier molecular flexibility index (Phi) is 7.57. The van der Waals surface area contributed by atoms with Gasteiger partial charge in [0.1, 0.15) is 0 Å². The fourth-order valence-electron chi connectivity index (χ4n) is 2.56. The maximum absolute atomic E-state index is 2.36. The molecular formula is C18H34. The van der Waals surface area contributed by atoms with E-state index in [9.17, 15) is 0 Å². The number of rotatable bonds is 0. The van der Waals surface area contributed by atoms with E-state index in [0.29, 0.717) is 10.8 Å². The summed E-state index contributed by atoms with van der Waals surface area (Å²) in [4.78, 5) is 0. The lowest BCUT2D eigenvalue weighted by Gasteiger charge is -2.41. The van der Waals surface area contributed by atoms with E-state index in [1.807, 2.05) is 13.8 Å². The van der Waals surface area contributed by atoms with Crippen molar-refractivity contribution in [2.75, 3.05) is 0 Å². The molecule has 18 heavy (non-hydrogen) atoms. The Labute approximate surface area is 116 Å². The summed E-state index contributed by atoms with van der Waals surface area (Å²) >= 11 is 0. The van der Waals surface area contributed by atoms with Crippen LogP contribution in [-0.4, -0.2) is 0 Å². The lowest BCUT2D eigenvalue weighted by molar-refractivity contribution is 0.332. The molecule has 1 aromatic rings. The molecule has 0 bridgehead atoms. The molecular weight excluding hydrogens is 216 g/mol. The standard InChI is InChI=1S/C14H20.C2H6.2CH4/c1-13(2)9-10-14(3,4)12-8-6-5-7-11(12)13;1-2;;/h5-8H,9-10H2,1-4H3;1-2H3;2*1H4. The van der Waals surface area contributed by atoms with Gasteiger partial charge in [-0.15, -0.1) is 0 Å². The first-order chi connectivity index (χ1) is 7.43. The molecule has 0 unspecified atom stereocenters. The van der Waals surface area contributed by atoms with Crippen LogP contribution >= 0.6 is 0 Å². The molecule has 0 heteroatoms. The van der Waals surface area contributed by atoms with E-state index < -0.39 is 0 Å². The molecule has 0 radical (unpaired) electrons. The molecule has 0 heterocycles. The summed E-state index contributed by atoms with van der Waals surface area (Å²) in [6.07, 6.45) is 2.61. The van der Waals surface area contributed by atoms with E-state index in [1.165, 1.54) is 12.8 Å². The van der Waals surface area contributed by atoms with E-state index in [4.69, 9.17) is 0 Å². The zero-order chi connectivity index (χ0) is 12.4. The number of hydrogen-bond donors (Lipinski definition) is 0. The predicted octanol–water partition coefficient (Wildman–Crippen LogP) is 6.33. The van der Waals surface area contributed by atoms with Crippen LogP contribution in [0, 0.1) is 0 Å². The lowest BCUT2D eigenvalue weighted by atomic mass is 9.63. The lowest BCUT2D eigenvalue weighted by Crippen LogP contribution is -2.33. The van der Waals surface area contributed by atoms with E-state index in [-0.39, 0.29) is 14.9 Å². The maximum atomic E-state index is 2.36. The Balaban J connectivity index is 0. The summed E-state index contributed by atoms with van der Waals surface area (Å²) in [6.45, 7) is 13.4. The minimum atomic E-state index is 0. The van der Waals surface area contributed by atoms with Crippen molar-refractivity contribution < 1.29 is 0 Å². The van der Waals surface area contributed by atoms with Gasteiger partial charge in [-0.05, 0) is 34.8 Å². The summed E-state index contributed by atoms with van der Waals surface area (Å²) in [5, 5.41) is 0. The van der Waals surface area contributed by atoms with Gasteiger partial charge in [0.2, 0.25) is 0 Å². The molecule has 0 fully saturated rings. The van der Waals surface area contributed by atoms with Gasteiger partial charge in [-0.2, -0.15) is 0 Å². The summed E-state index contributed by atoms with van der Waals surface area (Å²) in [5.74, 6) is 0. The second-order valence-electron chi connectivity index (χ2n) is 5.81. The van der Waals surface area contributed by atoms with Crippen LogP contribution in [0.1, 0.15) is 80.4 Å². The fourth-order valence-corrected chi connectivity index (χ4v) is 2.56. The molecule has 0 atom stereocenters. The van der Waals surface area contributed by atoms with Crippen LogP contribution in [0.2, 0.25) is 0 Å². The molecule has 0 spiro atoms. The van der Waals surface area contributed by atoms with Crippen LogP contribution in [-0.2, 0) is 10.8 Å². The van der Waals surface area contributed by atoms with E-state index in [1.54, 1.807) is 11.1 Å². The zero-order valence-corrected chi connectivity index (χ0v) is 11.7. The Morgan fingerprint density at radius 1 is 0.722 bits per heavy atom. The summed E-state index contributed by atoms with van der Waals surface area (Å²) in [7, 11) is 0. The molecule has 0 nitrogen and oxygen atoms in total. The predicted molar refractivity (Wildman–Crippen MR) is 86.5 cm³/mol. The van der Waals surface area contributed by atoms with Gasteiger partial charge in [0.15, 0.2) is 0 Å². The van der Waals surface area contributed by atoms with Crippen molar-refractivity contribution in [3.05, 3.63) is 35.4 Å². The largest absolute Gasteiger partial charge is 0.0776 e. The van der Waals surface area contributed by atoms with Gasteiger partial charge in [0.25, 0.3) is 0 Å². The van der Waals surface area contributed by atoms with Crippen molar-refractivity contribution in [3.63, 3.8) is 0 Å². The van der Waals surface area contributed by atoms with Crippen LogP contribution in [0.15, 0.2) is 24.3 Å². The van der Waals surface area contributed by atoms with Gasteiger partial charge in [0.05, 0.1) is 0 Å². The first-order valence-corrected chi connectivity index (χ1v) is 6.53. The highest BCUT2D eigenvalue weighted by Crippen LogP contribution is 2.45. The van der Waals surface area contributed by atoms with Gasteiger partial charge in [-0.3, -0.25) is 0 Å². The molecule has 0 N–H and O–H groups in total. The highest BCUT2D eigenvalue weighted by Gasteiger charge is 2.36. The summed E-state index contributed by atoms with van der Waals surface area (Å²) in [6, 6.07) is 8.94. The maximum Gasteiger partial charge on any atom is -0.0100 e. The third kappa shape index (κ3) is 3.60. The van der Waals surface area contributed by atoms with E-state index in [0.717, 1.165) is 0 Å². The van der Waals surface area contributed by atoms with Gasteiger partial charge >= 0.3 is 0 Å². The van der Waals surface area contributed by atoms with Crippen molar-refractivity contribution in [2.45, 2.75) is 80.1 Å². The quantitative estimate of drug-likeness (QED) is 0.504. The van der Waals surface area contributed by atoms with E-state index >= 15 is 0 Å². The van der Waals surface area contributed by atoms with Crippen molar-refractivity contribution in [3.8, 4) is 0 Å². The molecule has 0 aliphatic heterocycles. The van der Waals surface area contributed by atoms with Crippen LogP contribution < -0.4 is 0 Å². The average molecular weight is 250 g/mol. The minimum absolute atomic E-state index is 0. The molecule has 0 amide bonds. The van der Waals surface area contributed by atoms with Crippen LogP contribution in [0.5, 0.6) is 0 Å². The van der Waals surface area contributed by atoms with Gasteiger partial charge < -0.3 is 0 Å². The molecule has 0 saturated carbocycles. The Hall–Kier alpha value is -0.780. The third-order valence-corrected chi connectivity index (χ3v) is 3.76. The molecule has 0 aromatic heterocycles. The second-order valence-corrected chi connectivity index (χ2v) is 5.81. The molecule has 1 aliphatic carbocycles. The van der Waals surface area contributed by atoms with Crippen molar-refractivity contribution in [2.24, 2.45) is 0 Å². The minimum Gasteiger partial charge on any atom is -0.0776 e.